The van der Waals surface area contributed by atoms with Gasteiger partial charge in [0, 0.05) is 6.42 Å². The van der Waals surface area contributed by atoms with E-state index in [-0.39, 0.29) is 19.4 Å². The summed E-state index contributed by atoms with van der Waals surface area (Å²) in [6, 6.07) is -1.04. The molecule has 0 spiro atoms. The number of allylic oxidation sites excluding steroid dienone is 25. The Morgan fingerprint density at radius 2 is 0.758 bits per heavy atom. The first-order valence-electron chi connectivity index (χ1n) is 38.3. The molecular weight excluding hydrogens is 1180 g/mol. The van der Waals surface area contributed by atoms with Gasteiger partial charge in [0.15, 0.2) is 12.4 Å². The minimum Gasteiger partial charge on any atom is -0.454 e. The molecule has 95 heavy (non-hydrogen) atoms. The molecule has 1 fully saturated rings. The van der Waals surface area contributed by atoms with Crippen LogP contribution in [0.4, 0.5) is 0 Å². The zero-order valence-corrected chi connectivity index (χ0v) is 60.2. The normalized spacial score (nSPS) is 18.7. The summed E-state index contributed by atoms with van der Waals surface area (Å²) in [4.78, 5) is 26.8. The smallest absolute Gasteiger partial charge is 0.306 e. The lowest BCUT2D eigenvalue weighted by Gasteiger charge is -2.41. The van der Waals surface area contributed by atoms with E-state index in [9.17, 15) is 35.1 Å². The molecule has 540 valence electrons. The molecule has 11 nitrogen and oxygen atoms in total. The molecule has 1 amide bonds. The Morgan fingerprint density at radius 1 is 0.421 bits per heavy atom. The van der Waals surface area contributed by atoms with E-state index in [0.29, 0.717) is 12.8 Å². The first kappa shape index (κ1) is 88.3. The van der Waals surface area contributed by atoms with Crippen molar-refractivity contribution in [2.45, 2.75) is 346 Å². The minimum absolute atomic E-state index is 0.104. The SMILES string of the molecule is CC/C=C\C/C=C\C/C=C\C/C=C\C/C=C\C/C=C\CCCCCCCCCCC(=O)OC1C(OCC(NC(=O)C(O)CCCCCCCCC/C=C\C/C=C\C/C=C\C/C=C\C/C=C\C/C=C\CC)C(O)/C=C/CCCCCCCCCCCCC)OC(CO)C(O)C1O. The van der Waals surface area contributed by atoms with Crippen LogP contribution in [0.15, 0.2) is 158 Å². The van der Waals surface area contributed by atoms with Gasteiger partial charge in [-0.25, -0.2) is 0 Å². The Balaban J connectivity index is 2.57. The Morgan fingerprint density at radius 3 is 1.14 bits per heavy atom. The molecule has 1 aliphatic heterocycles. The molecule has 6 N–H and O–H groups in total. The number of nitrogens with one attached hydrogen (secondary N) is 1. The van der Waals surface area contributed by atoms with Crippen molar-refractivity contribution < 1.29 is 49.3 Å². The van der Waals surface area contributed by atoms with Gasteiger partial charge in [-0.1, -0.05) is 320 Å². The first-order valence-corrected chi connectivity index (χ1v) is 38.3. The zero-order valence-electron chi connectivity index (χ0n) is 60.2. The fourth-order valence-corrected chi connectivity index (χ4v) is 11.0. The van der Waals surface area contributed by atoms with Crippen molar-refractivity contribution in [3.8, 4) is 0 Å². The Labute approximate surface area is 580 Å². The summed E-state index contributed by atoms with van der Waals surface area (Å²) in [5.41, 5.74) is 0. The molecule has 8 atom stereocenters. The standard InChI is InChI=1S/C84H139NO10/c1-4-7-10-13-16-19-22-25-27-29-31-33-35-37-39-41-43-45-47-49-51-54-57-60-63-66-69-72-79(89)95-82-81(91)80(90)78(73-86)94-84(82)93-74-75(76(87)70-67-64-61-58-55-52-24-21-18-15-12-9-6-3)85-83(92)77(88)71-68-65-62-59-56-53-50-48-46-44-42-40-38-36-34-32-30-28-26-23-20-17-14-11-8-5-2/h7-8,10-11,16-17,19-20,25-28,31-34,37-40,43-46,67,70,75-78,80-82,84,86-88,90-91H,4-6,9,12-15,18,21-24,29-30,35-36,41-42,47-66,68-69,71-74H2,1-3H3,(H,85,92)/b10-7-,11-8-,19-16-,20-17-,27-25-,28-26-,33-31-,34-32-,39-37-,40-38-,45-43-,46-44-,70-67+. The van der Waals surface area contributed by atoms with Crippen LogP contribution in [0.5, 0.6) is 0 Å². The van der Waals surface area contributed by atoms with E-state index in [1.165, 1.54) is 77.0 Å². The fraction of sp³-hybridized carbons (Fsp3) is 0.667. The predicted molar refractivity (Wildman–Crippen MR) is 402 cm³/mol. The van der Waals surface area contributed by atoms with Crippen molar-refractivity contribution in [1.82, 2.24) is 5.32 Å². The average Bonchev–Trinajstić information content (AvgIpc) is 0.823. The number of ether oxygens (including phenoxy) is 3. The van der Waals surface area contributed by atoms with Crippen molar-refractivity contribution in [3.63, 3.8) is 0 Å². The minimum atomic E-state index is -1.63. The number of carbonyl (C=O) groups is 2. The first-order chi connectivity index (χ1) is 46.7. The molecule has 0 aromatic carbocycles. The molecule has 0 radical (unpaired) electrons. The van der Waals surface area contributed by atoms with Crippen LogP contribution in [0, 0.1) is 0 Å². The van der Waals surface area contributed by atoms with E-state index >= 15 is 0 Å². The van der Waals surface area contributed by atoms with Gasteiger partial charge in [-0.3, -0.25) is 9.59 Å². The molecule has 0 aliphatic carbocycles. The monoisotopic (exact) mass is 1320 g/mol. The van der Waals surface area contributed by atoms with Gasteiger partial charge in [-0.05, 0) is 128 Å². The third kappa shape index (κ3) is 55.9. The number of amides is 1. The topological polar surface area (TPSA) is 175 Å². The van der Waals surface area contributed by atoms with Gasteiger partial charge in [-0.15, -0.1) is 0 Å². The summed E-state index contributed by atoms with van der Waals surface area (Å²) in [7, 11) is 0. The van der Waals surface area contributed by atoms with Crippen LogP contribution in [0.2, 0.25) is 0 Å². The second kappa shape index (κ2) is 69.2. The lowest BCUT2D eigenvalue weighted by Crippen LogP contribution is -2.61. The molecule has 0 aromatic heterocycles. The van der Waals surface area contributed by atoms with Crippen LogP contribution in [-0.4, -0.2) is 99.6 Å². The molecular formula is C84H139NO10. The molecule has 0 bridgehead atoms. The second-order valence-electron chi connectivity index (χ2n) is 25.6. The summed E-state index contributed by atoms with van der Waals surface area (Å²) in [5.74, 6) is -1.22. The third-order valence-electron chi connectivity index (χ3n) is 16.9. The Hall–Kier alpha value is -4.72. The highest BCUT2D eigenvalue weighted by Crippen LogP contribution is 2.26. The lowest BCUT2D eigenvalue weighted by atomic mass is 9.99. The predicted octanol–water partition coefficient (Wildman–Crippen LogP) is 20.6. The van der Waals surface area contributed by atoms with E-state index in [2.05, 4.69) is 172 Å². The van der Waals surface area contributed by atoms with E-state index in [4.69, 9.17) is 14.2 Å². The maximum absolute atomic E-state index is 13.5. The summed E-state index contributed by atoms with van der Waals surface area (Å²) in [6.07, 6.45) is 91.3. The lowest BCUT2D eigenvalue weighted by molar-refractivity contribution is -0.305. The van der Waals surface area contributed by atoms with Crippen LogP contribution in [0.3, 0.4) is 0 Å². The number of hydrogen-bond acceptors (Lipinski definition) is 10. The van der Waals surface area contributed by atoms with Crippen LogP contribution < -0.4 is 5.32 Å². The van der Waals surface area contributed by atoms with Gasteiger partial charge >= 0.3 is 5.97 Å². The second-order valence-corrected chi connectivity index (χ2v) is 25.6. The molecule has 1 heterocycles. The number of carbonyl (C=O) groups excluding carboxylic acids is 2. The Kier molecular flexibility index (Phi) is 64.3. The highest BCUT2D eigenvalue weighted by Gasteiger charge is 2.47. The highest BCUT2D eigenvalue weighted by atomic mass is 16.7. The van der Waals surface area contributed by atoms with Crippen molar-refractivity contribution >= 4 is 11.9 Å². The van der Waals surface area contributed by atoms with E-state index in [0.717, 1.165) is 173 Å². The third-order valence-corrected chi connectivity index (χ3v) is 16.9. The summed E-state index contributed by atoms with van der Waals surface area (Å²) in [6.45, 7) is 5.57. The van der Waals surface area contributed by atoms with E-state index in [1.807, 2.05) is 6.08 Å². The number of aliphatic hydroxyl groups excluding tert-OH is 5. The van der Waals surface area contributed by atoms with Gasteiger partial charge in [0.2, 0.25) is 5.91 Å². The molecule has 0 saturated carbocycles. The van der Waals surface area contributed by atoms with Gasteiger partial charge in [0.1, 0.15) is 24.4 Å². The number of unbranched alkanes of at least 4 members (excludes halogenated alkanes) is 26. The van der Waals surface area contributed by atoms with Crippen LogP contribution >= 0.6 is 0 Å². The zero-order chi connectivity index (χ0) is 68.8. The summed E-state index contributed by atoms with van der Waals surface area (Å²) in [5, 5.41) is 57.4. The summed E-state index contributed by atoms with van der Waals surface area (Å²) >= 11 is 0. The molecule has 0 aromatic rings. The van der Waals surface area contributed by atoms with E-state index < -0.39 is 67.4 Å². The number of esters is 1. The quantitative estimate of drug-likeness (QED) is 0.0195. The van der Waals surface area contributed by atoms with Crippen molar-refractivity contribution in [3.05, 3.63) is 158 Å². The van der Waals surface area contributed by atoms with E-state index in [1.54, 1.807) is 6.08 Å². The van der Waals surface area contributed by atoms with Crippen molar-refractivity contribution in [2.75, 3.05) is 13.2 Å². The van der Waals surface area contributed by atoms with Gasteiger partial charge in [0.25, 0.3) is 0 Å². The fourth-order valence-electron chi connectivity index (χ4n) is 11.0. The average molecular weight is 1320 g/mol. The van der Waals surface area contributed by atoms with Crippen molar-refractivity contribution in [1.29, 1.82) is 0 Å². The number of hydrogen-bond donors (Lipinski definition) is 6. The van der Waals surface area contributed by atoms with Gasteiger partial charge < -0.3 is 45.1 Å². The largest absolute Gasteiger partial charge is 0.454 e. The van der Waals surface area contributed by atoms with Gasteiger partial charge in [-0.2, -0.15) is 0 Å². The van der Waals surface area contributed by atoms with Crippen molar-refractivity contribution in [2.24, 2.45) is 0 Å². The molecule has 11 heteroatoms. The molecule has 1 aliphatic rings. The highest BCUT2D eigenvalue weighted by molar-refractivity contribution is 5.80. The number of aliphatic hydroxyl groups is 5. The van der Waals surface area contributed by atoms with Crippen LogP contribution in [0.25, 0.3) is 0 Å². The molecule has 8 unspecified atom stereocenters. The number of rotatable bonds is 64. The van der Waals surface area contributed by atoms with Gasteiger partial charge in [0.05, 0.1) is 25.4 Å². The molecule has 1 saturated heterocycles. The molecule has 1 rings (SSSR count). The van der Waals surface area contributed by atoms with Crippen LogP contribution in [-0.2, 0) is 23.8 Å². The van der Waals surface area contributed by atoms with Crippen LogP contribution in [0.1, 0.15) is 297 Å². The summed E-state index contributed by atoms with van der Waals surface area (Å²) < 4.78 is 17.7. The maximum atomic E-state index is 13.5. The maximum Gasteiger partial charge on any atom is 0.306 e. The Bertz CT molecular complexity index is 2160.